The van der Waals surface area contributed by atoms with Gasteiger partial charge in [0.25, 0.3) is 5.89 Å². The quantitative estimate of drug-likeness (QED) is 0.659. The summed E-state index contributed by atoms with van der Waals surface area (Å²) in [6, 6.07) is 13.1. The van der Waals surface area contributed by atoms with Gasteiger partial charge in [0, 0.05) is 31.7 Å². The lowest BCUT2D eigenvalue weighted by atomic mass is 10.1. The number of benzene rings is 1. The molecular weight excluding hydrogens is 372 g/mol. The van der Waals surface area contributed by atoms with Gasteiger partial charge in [-0.15, -0.1) is 0 Å². The standard InChI is InChI=1S/C21H20N4O4/c1-27-17-6-3-2-5-15(17)13-19(26)24-8-10-25(11-9-24)21-16(14-22)23-20(29-21)18-7-4-12-28-18/h2-7,12H,8-11,13H2,1H3. The van der Waals surface area contributed by atoms with Crippen molar-refractivity contribution in [3.8, 4) is 23.5 Å². The summed E-state index contributed by atoms with van der Waals surface area (Å²) in [4.78, 5) is 20.7. The van der Waals surface area contributed by atoms with Gasteiger partial charge >= 0.3 is 0 Å². The Kier molecular flexibility index (Phi) is 5.20. The number of nitriles is 1. The molecule has 0 saturated carbocycles. The molecule has 1 amide bonds. The van der Waals surface area contributed by atoms with Gasteiger partial charge in [-0.3, -0.25) is 4.79 Å². The van der Waals surface area contributed by atoms with E-state index in [0.717, 1.165) is 5.56 Å². The second-order valence-electron chi connectivity index (χ2n) is 6.62. The van der Waals surface area contributed by atoms with Crippen molar-refractivity contribution in [2.45, 2.75) is 6.42 Å². The number of furan rings is 1. The topological polar surface area (TPSA) is 95.7 Å². The summed E-state index contributed by atoms with van der Waals surface area (Å²) < 4.78 is 16.4. The van der Waals surface area contributed by atoms with Crippen LogP contribution in [0.2, 0.25) is 0 Å². The van der Waals surface area contributed by atoms with Crippen LogP contribution in [0, 0.1) is 11.3 Å². The third-order valence-electron chi connectivity index (χ3n) is 4.90. The fourth-order valence-electron chi connectivity index (χ4n) is 3.39. The number of anilines is 1. The molecule has 1 aromatic carbocycles. The molecule has 0 spiro atoms. The molecule has 4 rings (SSSR count). The Balaban J connectivity index is 1.42. The van der Waals surface area contributed by atoms with Gasteiger partial charge in [-0.2, -0.15) is 10.2 Å². The highest BCUT2D eigenvalue weighted by Gasteiger charge is 2.27. The van der Waals surface area contributed by atoms with Crippen molar-refractivity contribution in [1.29, 1.82) is 5.26 Å². The zero-order valence-corrected chi connectivity index (χ0v) is 16.0. The van der Waals surface area contributed by atoms with Crippen LogP contribution in [0.5, 0.6) is 5.75 Å². The van der Waals surface area contributed by atoms with Crippen LogP contribution in [0.15, 0.2) is 51.5 Å². The number of aromatic nitrogens is 1. The second-order valence-corrected chi connectivity index (χ2v) is 6.62. The van der Waals surface area contributed by atoms with Crippen molar-refractivity contribution in [3.05, 3.63) is 53.9 Å². The maximum atomic E-state index is 12.7. The highest BCUT2D eigenvalue weighted by atomic mass is 16.5. The smallest absolute Gasteiger partial charge is 0.266 e. The summed E-state index contributed by atoms with van der Waals surface area (Å²) in [6.45, 7) is 2.18. The number of hydrogen-bond donors (Lipinski definition) is 0. The Morgan fingerprint density at radius 3 is 2.69 bits per heavy atom. The van der Waals surface area contributed by atoms with E-state index in [9.17, 15) is 10.1 Å². The molecular formula is C21H20N4O4. The van der Waals surface area contributed by atoms with E-state index in [1.54, 1.807) is 19.2 Å². The molecule has 148 valence electrons. The first-order valence-corrected chi connectivity index (χ1v) is 9.29. The third-order valence-corrected chi connectivity index (χ3v) is 4.90. The monoisotopic (exact) mass is 392 g/mol. The molecule has 0 aliphatic carbocycles. The van der Waals surface area contributed by atoms with Crippen molar-refractivity contribution in [3.63, 3.8) is 0 Å². The van der Waals surface area contributed by atoms with E-state index < -0.39 is 0 Å². The van der Waals surface area contributed by atoms with Gasteiger partial charge < -0.3 is 23.4 Å². The number of oxazole rings is 1. The Morgan fingerprint density at radius 1 is 1.21 bits per heavy atom. The molecule has 8 heteroatoms. The zero-order valence-electron chi connectivity index (χ0n) is 16.0. The molecule has 0 N–H and O–H groups in total. The fraction of sp³-hybridized carbons (Fsp3) is 0.286. The van der Waals surface area contributed by atoms with Crippen LogP contribution in [0.25, 0.3) is 11.7 Å². The van der Waals surface area contributed by atoms with Crippen LogP contribution in [0.1, 0.15) is 11.3 Å². The lowest BCUT2D eigenvalue weighted by Crippen LogP contribution is -2.49. The summed E-state index contributed by atoms with van der Waals surface area (Å²) in [6.07, 6.45) is 1.82. The van der Waals surface area contributed by atoms with Crippen LogP contribution in [0.4, 0.5) is 5.88 Å². The number of amides is 1. The molecule has 1 aliphatic heterocycles. The Hall–Kier alpha value is -3.73. The number of rotatable bonds is 5. The number of ether oxygens (including phenoxy) is 1. The van der Waals surface area contributed by atoms with E-state index in [2.05, 4.69) is 11.1 Å². The van der Waals surface area contributed by atoms with E-state index in [-0.39, 0.29) is 17.5 Å². The minimum absolute atomic E-state index is 0.0449. The predicted octanol–water partition coefficient (Wildman–Crippen LogP) is 2.71. The molecule has 3 aromatic rings. The maximum absolute atomic E-state index is 12.7. The normalized spacial score (nSPS) is 13.9. The Labute approximate surface area is 167 Å². The van der Waals surface area contributed by atoms with Gasteiger partial charge in [0.15, 0.2) is 5.76 Å². The molecule has 1 saturated heterocycles. The maximum Gasteiger partial charge on any atom is 0.266 e. The number of nitrogens with zero attached hydrogens (tertiary/aromatic N) is 4. The van der Waals surface area contributed by atoms with Crippen LogP contribution >= 0.6 is 0 Å². The van der Waals surface area contributed by atoms with Crippen LogP contribution < -0.4 is 9.64 Å². The highest BCUT2D eigenvalue weighted by molar-refractivity contribution is 5.80. The molecule has 2 aromatic heterocycles. The lowest BCUT2D eigenvalue weighted by Gasteiger charge is -2.34. The molecule has 29 heavy (non-hydrogen) atoms. The number of hydrogen-bond acceptors (Lipinski definition) is 7. The number of para-hydroxylation sites is 1. The number of carbonyl (C=O) groups is 1. The van der Waals surface area contributed by atoms with E-state index >= 15 is 0 Å². The first-order chi connectivity index (χ1) is 14.2. The van der Waals surface area contributed by atoms with Gasteiger partial charge in [-0.25, -0.2) is 0 Å². The molecule has 0 atom stereocenters. The summed E-state index contributed by atoms with van der Waals surface area (Å²) in [5.41, 5.74) is 1.08. The molecule has 0 radical (unpaired) electrons. The van der Waals surface area contributed by atoms with Gasteiger partial charge in [0.1, 0.15) is 11.8 Å². The summed E-state index contributed by atoms with van der Waals surface area (Å²) in [5, 5.41) is 9.41. The van der Waals surface area contributed by atoms with Crippen molar-refractivity contribution >= 4 is 11.8 Å². The first-order valence-electron chi connectivity index (χ1n) is 9.29. The Morgan fingerprint density at radius 2 is 2.00 bits per heavy atom. The highest BCUT2D eigenvalue weighted by Crippen LogP contribution is 2.29. The second kappa shape index (κ2) is 8.10. The minimum atomic E-state index is 0.0449. The van der Waals surface area contributed by atoms with Crippen LogP contribution in [-0.2, 0) is 11.2 Å². The van der Waals surface area contributed by atoms with Crippen molar-refractivity contribution in [1.82, 2.24) is 9.88 Å². The summed E-state index contributed by atoms with van der Waals surface area (Å²) >= 11 is 0. The zero-order chi connectivity index (χ0) is 20.2. The summed E-state index contributed by atoms with van der Waals surface area (Å²) in [7, 11) is 1.60. The Bertz CT molecular complexity index is 1030. The van der Waals surface area contributed by atoms with Gasteiger partial charge in [0.05, 0.1) is 19.8 Å². The number of methoxy groups -OCH3 is 1. The van der Waals surface area contributed by atoms with E-state index in [1.165, 1.54) is 6.26 Å². The predicted molar refractivity (Wildman–Crippen MR) is 104 cm³/mol. The van der Waals surface area contributed by atoms with E-state index in [4.69, 9.17) is 13.6 Å². The van der Waals surface area contributed by atoms with Gasteiger partial charge in [-0.1, -0.05) is 18.2 Å². The van der Waals surface area contributed by atoms with Crippen molar-refractivity contribution in [2.75, 3.05) is 38.2 Å². The number of piperazine rings is 1. The van der Waals surface area contributed by atoms with Crippen molar-refractivity contribution < 1.29 is 18.4 Å². The minimum Gasteiger partial charge on any atom is -0.496 e. The SMILES string of the molecule is COc1ccccc1CC(=O)N1CCN(c2oc(-c3ccco3)nc2C#N)CC1. The fourth-order valence-corrected chi connectivity index (χ4v) is 3.39. The molecule has 0 bridgehead atoms. The molecule has 1 fully saturated rings. The van der Waals surface area contributed by atoms with E-state index in [0.29, 0.717) is 50.0 Å². The average Bonchev–Trinajstić information content (AvgIpc) is 3.44. The lowest BCUT2D eigenvalue weighted by molar-refractivity contribution is -0.130. The third kappa shape index (κ3) is 3.80. The number of carbonyl (C=O) groups excluding carboxylic acids is 1. The molecule has 8 nitrogen and oxygen atoms in total. The van der Waals surface area contributed by atoms with Crippen LogP contribution in [-0.4, -0.2) is 49.1 Å². The molecule has 0 unspecified atom stereocenters. The molecule has 3 heterocycles. The largest absolute Gasteiger partial charge is 0.496 e. The van der Waals surface area contributed by atoms with E-state index in [1.807, 2.05) is 34.1 Å². The van der Waals surface area contributed by atoms with Crippen molar-refractivity contribution in [2.24, 2.45) is 0 Å². The summed E-state index contributed by atoms with van der Waals surface area (Å²) in [5.74, 6) is 1.92. The van der Waals surface area contributed by atoms with Gasteiger partial charge in [-0.05, 0) is 18.2 Å². The van der Waals surface area contributed by atoms with Gasteiger partial charge in [0.2, 0.25) is 17.5 Å². The molecule has 1 aliphatic rings. The first kappa shape index (κ1) is 18.6. The average molecular weight is 392 g/mol. The van der Waals surface area contributed by atoms with Crippen LogP contribution in [0.3, 0.4) is 0 Å².